The third kappa shape index (κ3) is 1.54. The van der Waals surface area contributed by atoms with Crippen molar-refractivity contribution >= 4 is 22.5 Å². The maximum Gasteiger partial charge on any atom is 0.263 e. The fourth-order valence-electron chi connectivity index (χ4n) is 2.69. The molecule has 0 bridgehead atoms. The van der Waals surface area contributed by atoms with Crippen LogP contribution in [0.25, 0.3) is 10.9 Å². The van der Waals surface area contributed by atoms with Crippen LogP contribution in [-0.4, -0.2) is 27.3 Å². The number of hydrogen-bond donors (Lipinski definition) is 2. The Morgan fingerprint density at radius 1 is 1.42 bits per heavy atom. The van der Waals surface area contributed by atoms with Gasteiger partial charge in [-0.15, -0.1) is 0 Å². The number of amides is 1. The molecule has 5 nitrogen and oxygen atoms in total. The Kier molecular flexibility index (Phi) is 2.01. The first-order valence-electron chi connectivity index (χ1n) is 6.33. The van der Waals surface area contributed by atoms with Gasteiger partial charge in [-0.3, -0.25) is 14.8 Å². The highest BCUT2D eigenvalue weighted by Gasteiger charge is 2.44. The SMILES string of the molecule is O=C1[C]=C(O)C(C2CC2)N1c1ccc2cn[nH]c2c1. The highest BCUT2D eigenvalue weighted by atomic mass is 16.3. The number of carbonyl (C=O) groups excluding carboxylic acids is 1. The fraction of sp³-hybridized carbons (Fsp3) is 0.286. The second kappa shape index (κ2) is 3.60. The lowest BCUT2D eigenvalue weighted by Gasteiger charge is -2.25. The molecule has 95 valence electrons. The van der Waals surface area contributed by atoms with Crippen molar-refractivity contribution in [3.8, 4) is 0 Å². The number of benzene rings is 1. The number of rotatable bonds is 2. The van der Waals surface area contributed by atoms with Crippen molar-refractivity contribution in [2.24, 2.45) is 5.92 Å². The minimum absolute atomic E-state index is 0.0669. The predicted molar refractivity (Wildman–Crippen MR) is 69.5 cm³/mol. The summed E-state index contributed by atoms with van der Waals surface area (Å²) in [6.07, 6.45) is 6.35. The Bertz CT molecular complexity index is 700. The Labute approximate surface area is 109 Å². The van der Waals surface area contributed by atoms with Gasteiger partial charge < -0.3 is 5.11 Å². The number of aromatic amines is 1. The molecule has 2 N–H and O–H groups in total. The van der Waals surface area contributed by atoms with Crippen molar-refractivity contribution < 1.29 is 9.90 Å². The van der Waals surface area contributed by atoms with Crippen LogP contribution in [0.2, 0.25) is 0 Å². The van der Waals surface area contributed by atoms with Crippen molar-refractivity contribution in [3.63, 3.8) is 0 Å². The number of H-pyrrole nitrogens is 1. The van der Waals surface area contributed by atoms with E-state index in [1.807, 2.05) is 18.2 Å². The lowest BCUT2D eigenvalue weighted by Crippen LogP contribution is -2.36. The molecule has 19 heavy (non-hydrogen) atoms. The zero-order chi connectivity index (χ0) is 13.0. The van der Waals surface area contributed by atoms with Gasteiger partial charge in [0.15, 0.2) is 0 Å². The predicted octanol–water partition coefficient (Wildman–Crippen LogP) is 1.93. The molecule has 1 fully saturated rings. The van der Waals surface area contributed by atoms with Crippen LogP contribution >= 0.6 is 0 Å². The number of aromatic nitrogens is 2. The molecule has 5 heteroatoms. The van der Waals surface area contributed by atoms with Gasteiger partial charge in [-0.05, 0) is 37.0 Å². The van der Waals surface area contributed by atoms with E-state index in [1.54, 1.807) is 11.1 Å². The van der Waals surface area contributed by atoms with E-state index < -0.39 is 0 Å². The van der Waals surface area contributed by atoms with Gasteiger partial charge in [0.25, 0.3) is 5.91 Å². The van der Waals surface area contributed by atoms with Crippen LogP contribution in [0.15, 0.2) is 30.2 Å². The summed E-state index contributed by atoms with van der Waals surface area (Å²) in [5.74, 6) is 0.155. The van der Waals surface area contributed by atoms with Gasteiger partial charge in [-0.25, -0.2) is 0 Å². The summed E-state index contributed by atoms with van der Waals surface area (Å²) in [6.45, 7) is 0. The molecule has 1 radical (unpaired) electrons. The van der Waals surface area contributed by atoms with E-state index in [2.05, 4.69) is 16.3 Å². The summed E-state index contributed by atoms with van der Waals surface area (Å²) < 4.78 is 0. The van der Waals surface area contributed by atoms with Gasteiger partial charge in [0, 0.05) is 11.1 Å². The first-order valence-corrected chi connectivity index (χ1v) is 6.33. The van der Waals surface area contributed by atoms with E-state index >= 15 is 0 Å². The van der Waals surface area contributed by atoms with Gasteiger partial charge >= 0.3 is 0 Å². The van der Waals surface area contributed by atoms with Crippen molar-refractivity contribution in [2.75, 3.05) is 4.90 Å². The molecule has 1 amide bonds. The average molecular weight is 254 g/mol. The summed E-state index contributed by atoms with van der Waals surface area (Å²) in [5.41, 5.74) is 1.65. The Morgan fingerprint density at radius 3 is 3.05 bits per heavy atom. The number of nitrogens with one attached hydrogen (secondary N) is 1. The van der Waals surface area contributed by atoms with Crippen LogP contribution in [-0.2, 0) is 4.79 Å². The topological polar surface area (TPSA) is 69.2 Å². The van der Waals surface area contributed by atoms with Gasteiger partial charge in [-0.1, -0.05) is 0 Å². The van der Waals surface area contributed by atoms with E-state index in [0.29, 0.717) is 5.92 Å². The maximum absolute atomic E-state index is 12.0. The molecule has 0 saturated heterocycles. The number of carbonyl (C=O) groups is 1. The van der Waals surface area contributed by atoms with Crippen molar-refractivity contribution in [1.82, 2.24) is 10.2 Å². The lowest BCUT2D eigenvalue weighted by atomic mass is 10.1. The second-order valence-corrected chi connectivity index (χ2v) is 5.11. The minimum atomic E-state index is -0.270. The normalized spacial score (nSPS) is 23.2. The molecule has 1 aromatic carbocycles. The highest BCUT2D eigenvalue weighted by molar-refractivity contribution is 6.03. The number of hydrogen-bond acceptors (Lipinski definition) is 3. The molecule has 2 aliphatic rings. The number of anilines is 1. The first kappa shape index (κ1) is 10.6. The first-order chi connectivity index (χ1) is 9.24. The molecule has 1 unspecified atom stereocenters. The molecule has 2 heterocycles. The molecule has 1 aromatic heterocycles. The Morgan fingerprint density at radius 2 is 2.26 bits per heavy atom. The number of aliphatic hydroxyl groups excluding tert-OH is 1. The quantitative estimate of drug-likeness (QED) is 0.860. The summed E-state index contributed by atoms with van der Waals surface area (Å²) in [5, 5.41) is 17.8. The number of aliphatic hydroxyl groups is 1. The molecule has 1 aliphatic carbocycles. The highest BCUT2D eigenvalue weighted by Crippen LogP contribution is 2.42. The van der Waals surface area contributed by atoms with E-state index in [0.717, 1.165) is 29.4 Å². The average Bonchev–Trinajstić information content (AvgIpc) is 3.03. The molecule has 2 aromatic rings. The van der Waals surface area contributed by atoms with Crippen molar-refractivity contribution in [3.05, 3.63) is 36.2 Å². The van der Waals surface area contributed by atoms with Gasteiger partial charge in [0.2, 0.25) is 0 Å². The third-order valence-electron chi connectivity index (χ3n) is 3.78. The minimum Gasteiger partial charge on any atom is -0.509 e. The van der Waals surface area contributed by atoms with E-state index in [9.17, 15) is 9.90 Å². The van der Waals surface area contributed by atoms with E-state index in [-0.39, 0.29) is 17.7 Å². The summed E-state index contributed by atoms with van der Waals surface area (Å²) in [7, 11) is 0. The molecule has 4 rings (SSSR count). The van der Waals surface area contributed by atoms with Crippen molar-refractivity contribution in [2.45, 2.75) is 18.9 Å². The molecule has 1 atom stereocenters. The lowest BCUT2D eigenvalue weighted by molar-refractivity contribution is -0.114. The van der Waals surface area contributed by atoms with E-state index in [4.69, 9.17) is 0 Å². The van der Waals surface area contributed by atoms with Gasteiger partial charge in [0.05, 0.1) is 23.8 Å². The standard InChI is InChI=1S/C14H12N3O2/c18-12-6-13(19)17(14(12)8-1-2-8)10-4-3-9-7-15-16-11(9)5-10/h3-5,7-8,14,18H,1-2H2,(H,15,16). The molecule has 0 spiro atoms. The third-order valence-corrected chi connectivity index (χ3v) is 3.78. The summed E-state index contributed by atoms with van der Waals surface area (Å²) >= 11 is 0. The smallest absolute Gasteiger partial charge is 0.263 e. The molecular weight excluding hydrogens is 242 g/mol. The molecule has 1 saturated carbocycles. The monoisotopic (exact) mass is 254 g/mol. The Hall–Kier alpha value is -2.30. The van der Waals surface area contributed by atoms with Crippen LogP contribution in [0.4, 0.5) is 5.69 Å². The Balaban J connectivity index is 1.79. The largest absolute Gasteiger partial charge is 0.509 e. The molecule has 1 aliphatic heterocycles. The zero-order valence-corrected chi connectivity index (χ0v) is 10.1. The van der Waals surface area contributed by atoms with Crippen LogP contribution in [0.5, 0.6) is 0 Å². The second-order valence-electron chi connectivity index (χ2n) is 5.11. The fourth-order valence-corrected chi connectivity index (χ4v) is 2.69. The summed E-state index contributed by atoms with van der Waals surface area (Å²) in [4.78, 5) is 13.6. The molecular formula is C14H12N3O2. The summed E-state index contributed by atoms with van der Waals surface area (Å²) in [6, 6.07) is 5.44. The van der Waals surface area contributed by atoms with Crippen LogP contribution in [0, 0.1) is 12.0 Å². The van der Waals surface area contributed by atoms with Crippen molar-refractivity contribution in [1.29, 1.82) is 0 Å². The van der Waals surface area contributed by atoms with Gasteiger partial charge in [-0.2, -0.15) is 5.10 Å². The van der Waals surface area contributed by atoms with Gasteiger partial charge in [0.1, 0.15) is 5.76 Å². The van der Waals surface area contributed by atoms with Crippen LogP contribution < -0.4 is 4.90 Å². The zero-order valence-electron chi connectivity index (χ0n) is 10.1. The number of fused-ring (bicyclic) bond motifs is 1. The van der Waals surface area contributed by atoms with Crippen LogP contribution in [0.1, 0.15) is 12.8 Å². The van der Waals surface area contributed by atoms with Crippen LogP contribution in [0.3, 0.4) is 0 Å². The maximum atomic E-state index is 12.0. The van der Waals surface area contributed by atoms with E-state index in [1.165, 1.54) is 0 Å². The number of nitrogens with zero attached hydrogens (tertiary/aromatic N) is 2.